The number of benzene rings is 2. The molecule has 0 aliphatic carbocycles. The van der Waals surface area contributed by atoms with Gasteiger partial charge in [0.15, 0.2) is 5.78 Å². The number of nitrogens with zero attached hydrogens (tertiary/aromatic N) is 4. The summed E-state index contributed by atoms with van der Waals surface area (Å²) in [4.78, 5) is 22.3. The molecule has 0 spiro atoms. The van der Waals surface area contributed by atoms with E-state index < -0.39 is 0 Å². The van der Waals surface area contributed by atoms with Crippen molar-refractivity contribution in [2.75, 3.05) is 72.4 Å². The monoisotopic (exact) mass is 420 g/mol. The Balaban J connectivity index is 1.72. The van der Waals surface area contributed by atoms with Crippen molar-refractivity contribution in [2.45, 2.75) is 6.54 Å². The number of piperazine rings is 1. The quantitative estimate of drug-likeness (QED) is 0.459. The first-order chi connectivity index (χ1) is 14.9. The summed E-state index contributed by atoms with van der Waals surface area (Å²) in [7, 11) is 8.43. The Morgan fingerprint density at radius 2 is 1.61 bits per heavy atom. The zero-order valence-corrected chi connectivity index (χ0v) is 19.4. The summed E-state index contributed by atoms with van der Waals surface area (Å²) in [6, 6.07) is 16.3. The molecule has 1 aliphatic rings. The number of ketones is 1. The van der Waals surface area contributed by atoms with Gasteiger partial charge in [-0.05, 0) is 50.5 Å². The van der Waals surface area contributed by atoms with Gasteiger partial charge in [0.05, 0.1) is 0 Å². The molecule has 1 fully saturated rings. The summed E-state index contributed by atoms with van der Waals surface area (Å²) < 4.78 is 0. The minimum absolute atomic E-state index is 0.0653. The van der Waals surface area contributed by atoms with Gasteiger partial charge in [0.25, 0.3) is 0 Å². The van der Waals surface area contributed by atoms with Crippen molar-refractivity contribution in [2.24, 2.45) is 0 Å². The average Bonchev–Trinajstić information content (AvgIpc) is 2.78. The van der Waals surface area contributed by atoms with Crippen LogP contribution >= 0.6 is 0 Å². The summed E-state index contributed by atoms with van der Waals surface area (Å²) in [6.45, 7) is 6.98. The van der Waals surface area contributed by atoms with Crippen molar-refractivity contribution in [1.29, 1.82) is 0 Å². The number of hydrogen-bond donors (Lipinski definition) is 0. The maximum absolute atomic E-state index is 13.1. The molecular formula is C26H36N4O. The Morgan fingerprint density at radius 1 is 0.935 bits per heavy atom. The number of allylic oxidation sites excluding steroid dienone is 1. The number of rotatable bonds is 9. The molecule has 5 nitrogen and oxygen atoms in total. The van der Waals surface area contributed by atoms with E-state index in [9.17, 15) is 4.79 Å². The molecule has 0 unspecified atom stereocenters. The first kappa shape index (κ1) is 23.2. The number of para-hydroxylation sites is 1. The predicted octanol–water partition coefficient (Wildman–Crippen LogP) is 3.33. The molecule has 0 amide bonds. The average molecular weight is 421 g/mol. The smallest absolute Gasteiger partial charge is 0.186 e. The molecule has 0 saturated carbocycles. The number of anilines is 1. The lowest BCUT2D eigenvalue weighted by Gasteiger charge is -2.32. The third kappa shape index (κ3) is 6.76. The first-order valence-corrected chi connectivity index (χ1v) is 11.1. The van der Waals surface area contributed by atoms with Gasteiger partial charge in [0.1, 0.15) is 0 Å². The Bertz CT molecular complexity index is 884. The van der Waals surface area contributed by atoms with Crippen LogP contribution in [0, 0.1) is 0 Å². The van der Waals surface area contributed by atoms with Gasteiger partial charge in [0, 0.05) is 64.1 Å². The van der Waals surface area contributed by atoms with Crippen molar-refractivity contribution >= 4 is 17.5 Å². The van der Waals surface area contributed by atoms with Crippen LogP contribution in [0.25, 0.3) is 6.08 Å². The van der Waals surface area contributed by atoms with E-state index in [1.165, 1.54) is 0 Å². The number of carbonyl (C=O) groups is 1. The lowest BCUT2D eigenvalue weighted by atomic mass is 10.0. The van der Waals surface area contributed by atoms with Crippen LogP contribution in [0.3, 0.4) is 0 Å². The molecule has 0 atom stereocenters. The molecular weight excluding hydrogens is 384 g/mol. The maximum Gasteiger partial charge on any atom is 0.186 e. The van der Waals surface area contributed by atoms with Gasteiger partial charge in [-0.15, -0.1) is 0 Å². The Morgan fingerprint density at radius 3 is 2.35 bits per heavy atom. The second-order valence-electron chi connectivity index (χ2n) is 8.72. The van der Waals surface area contributed by atoms with Crippen LogP contribution in [-0.4, -0.2) is 87.9 Å². The zero-order valence-electron chi connectivity index (χ0n) is 19.4. The van der Waals surface area contributed by atoms with Crippen molar-refractivity contribution in [3.05, 3.63) is 71.3 Å². The van der Waals surface area contributed by atoms with E-state index in [0.29, 0.717) is 0 Å². The van der Waals surface area contributed by atoms with Crippen LogP contribution < -0.4 is 4.90 Å². The maximum atomic E-state index is 13.1. The lowest BCUT2D eigenvalue weighted by Crippen LogP contribution is -2.44. The largest absolute Gasteiger partial charge is 0.373 e. The normalized spacial score (nSPS) is 15.6. The molecule has 2 aromatic rings. The van der Waals surface area contributed by atoms with Crippen molar-refractivity contribution < 1.29 is 4.79 Å². The molecule has 3 rings (SSSR count). The molecule has 2 aromatic carbocycles. The molecule has 0 radical (unpaired) electrons. The van der Waals surface area contributed by atoms with Gasteiger partial charge in [-0.1, -0.05) is 42.5 Å². The summed E-state index contributed by atoms with van der Waals surface area (Å²) in [5.41, 5.74) is 4.11. The van der Waals surface area contributed by atoms with Gasteiger partial charge in [-0.25, -0.2) is 0 Å². The van der Waals surface area contributed by atoms with E-state index in [1.807, 2.05) is 36.4 Å². The molecule has 31 heavy (non-hydrogen) atoms. The Hall–Kier alpha value is -2.47. The van der Waals surface area contributed by atoms with Crippen molar-refractivity contribution in [1.82, 2.24) is 14.7 Å². The Kier molecular flexibility index (Phi) is 8.41. The molecule has 0 N–H and O–H groups in total. The van der Waals surface area contributed by atoms with Crippen LogP contribution in [0.15, 0.2) is 54.6 Å². The molecule has 166 valence electrons. The van der Waals surface area contributed by atoms with Crippen LogP contribution in [0.2, 0.25) is 0 Å². The first-order valence-electron chi connectivity index (χ1n) is 11.1. The second-order valence-corrected chi connectivity index (χ2v) is 8.72. The van der Waals surface area contributed by atoms with Gasteiger partial charge in [-0.2, -0.15) is 0 Å². The fraction of sp³-hybridized carbons (Fsp3) is 0.423. The molecule has 1 heterocycles. The molecule has 1 saturated heterocycles. The number of hydrogen-bond acceptors (Lipinski definition) is 5. The summed E-state index contributed by atoms with van der Waals surface area (Å²) in [5.74, 6) is 0.0653. The van der Waals surface area contributed by atoms with Crippen LogP contribution in [0.5, 0.6) is 0 Å². The third-order valence-corrected chi connectivity index (χ3v) is 5.92. The highest BCUT2D eigenvalue weighted by Gasteiger charge is 2.17. The fourth-order valence-corrected chi connectivity index (χ4v) is 3.85. The molecule has 0 aromatic heterocycles. The SMILES string of the molecule is CN(C)CCN(C)c1ccccc1C=CC(=O)c1ccccc1CN1CCN(C)CC1. The zero-order chi connectivity index (χ0) is 22.2. The standard InChI is InChI=1S/C26H36N4O/c1-27(2)15-18-29(4)25-12-8-6-9-22(25)13-14-26(31)24-11-7-5-10-23(24)21-30-19-16-28(3)17-20-30/h5-14H,15-21H2,1-4H3. The lowest BCUT2D eigenvalue weighted by molar-refractivity contribution is 0.104. The van der Waals surface area contributed by atoms with Crippen LogP contribution in [-0.2, 0) is 6.54 Å². The van der Waals surface area contributed by atoms with E-state index in [0.717, 1.165) is 68.2 Å². The highest BCUT2D eigenvalue weighted by molar-refractivity contribution is 6.08. The Labute approximate surface area is 187 Å². The predicted molar refractivity (Wildman–Crippen MR) is 131 cm³/mol. The van der Waals surface area contributed by atoms with E-state index in [-0.39, 0.29) is 5.78 Å². The van der Waals surface area contributed by atoms with E-state index >= 15 is 0 Å². The van der Waals surface area contributed by atoms with Gasteiger partial charge in [-0.3, -0.25) is 9.69 Å². The van der Waals surface area contributed by atoms with Gasteiger partial charge < -0.3 is 14.7 Å². The fourth-order valence-electron chi connectivity index (χ4n) is 3.85. The number of likely N-dealkylation sites (N-methyl/N-ethyl adjacent to an activating group) is 3. The topological polar surface area (TPSA) is 30.0 Å². The van der Waals surface area contributed by atoms with E-state index in [1.54, 1.807) is 6.08 Å². The highest BCUT2D eigenvalue weighted by atomic mass is 16.1. The molecule has 5 heteroatoms. The van der Waals surface area contributed by atoms with Crippen LogP contribution in [0.4, 0.5) is 5.69 Å². The summed E-state index contributed by atoms with van der Waals surface area (Å²) >= 11 is 0. The highest BCUT2D eigenvalue weighted by Crippen LogP contribution is 2.21. The van der Waals surface area contributed by atoms with Gasteiger partial charge in [0.2, 0.25) is 0 Å². The minimum atomic E-state index is 0.0653. The number of carbonyl (C=O) groups excluding carboxylic acids is 1. The van der Waals surface area contributed by atoms with E-state index in [2.05, 4.69) is 66.0 Å². The van der Waals surface area contributed by atoms with E-state index in [4.69, 9.17) is 0 Å². The van der Waals surface area contributed by atoms with Crippen molar-refractivity contribution in [3.63, 3.8) is 0 Å². The van der Waals surface area contributed by atoms with Crippen LogP contribution in [0.1, 0.15) is 21.5 Å². The van der Waals surface area contributed by atoms with Crippen molar-refractivity contribution in [3.8, 4) is 0 Å². The molecule has 0 bridgehead atoms. The summed E-state index contributed by atoms with van der Waals surface area (Å²) in [5, 5.41) is 0. The summed E-state index contributed by atoms with van der Waals surface area (Å²) in [6.07, 6.45) is 3.68. The molecule has 1 aliphatic heterocycles. The second kappa shape index (κ2) is 11.2. The van der Waals surface area contributed by atoms with Gasteiger partial charge >= 0.3 is 0 Å². The minimum Gasteiger partial charge on any atom is -0.373 e. The third-order valence-electron chi connectivity index (χ3n) is 5.92.